The molecule has 1 aromatic carbocycles. The third kappa shape index (κ3) is 7.35. The van der Waals surface area contributed by atoms with Crippen molar-refractivity contribution < 1.29 is 5.11 Å². The van der Waals surface area contributed by atoms with E-state index in [4.69, 9.17) is 11.6 Å². The molecule has 166 valence electrons. The first-order valence-corrected chi connectivity index (χ1v) is 12.5. The quantitative estimate of drug-likeness (QED) is 0.260. The fourth-order valence-electron chi connectivity index (χ4n) is 3.60. The second-order valence-corrected chi connectivity index (χ2v) is 9.47. The summed E-state index contributed by atoms with van der Waals surface area (Å²) in [6.45, 7) is 4.14. The Bertz CT molecular complexity index is 867. The maximum Gasteiger partial charge on any atom is 0.278 e. The van der Waals surface area contributed by atoms with Crippen molar-refractivity contribution in [2.45, 2.75) is 83.1 Å². The van der Waals surface area contributed by atoms with E-state index < -0.39 is 0 Å². The van der Waals surface area contributed by atoms with Gasteiger partial charge in [0.1, 0.15) is 0 Å². The smallest absolute Gasteiger partial charge is 0.278 e. The Kier molecular flexibility index (Phi) is 10.8. The number of hydrogen-bond donors (Lipinski definition) is 1. The summed E-state index contributed by atoms with van der Waals surface area (Å²) in [6, 6.07) is 5.32. The topological polar surface area (TPSA) is 55.1 Å². The molecule has 2 aromatic rings. The van der Waals surface area contributed by atoms with Crippen molar-refractivity contribution in [1.29, 1.82) is 0 Å². The van der Waals surface area contributed by atoms with Crippen LogP contribution in [-0.2, 0) is 7.05 Å². The van der Waals surface area contributed by atoms with Gasteiger partial charge in [-0.15, -0.1) is 11.8 Å². The average Bonchev–Trinajstić information content (AvgIpc) is 2.71. The van der Waals surface area contributed by atoms with E-state index in [1.807, 2.05) is 6.92 Å². The van der Waals surface area contributed by atoms with E-state index in [0.717, 1.165) is 17.7 Å². The molecule has 0 amide bonds. The molecule has 0 unspecified atom stereocenters. The van der Waals surface area contributed by atoms with Crippen LogP contribution in [0, 0.1) is 6.92 Å². The maximum atomic E-state index is 12.6. The first-order chi connectivity index (χ1) is 14.5. The Balaban J connectivity index is 1.87. The predicted molar refractivity (Wildman–Crippen MR) is 129 cm³/mol. The number of aromatic hydroxyl groups is 1. The molecule has 1 aromatic heterocycles. The second kappa shape index (κ2) is 13.1. The molecule has 0 bridgehead atoms. The van der Waals surface area contributed by atoms with Crippen LogP contribution < -0.4 is 5.56 Å². The molecule has 0 aliphatic carbocycles. The van der Waals surface area contributed by atoms with Crippen molar-refractivity contribution in [3.05, 3.63) is 39.1 Å². The lowest BCUT2D eigenvalue weighted by Crippen LogP contribution is -2.22. The summed E-state index contributed by atoms with van der Waals surface area (Å²) >= 11 is 7.56. The number of thioether (sulfide) groups is 1. The predicted octanol–water partition coefficient (Wildman–Crippen LogP) is 7.13. The molecule has 0 saturated heterocycles. The van der Waals surface area contributed by atoms with Crippen LogP contribution in [0.15, 0.2) is 28.0 Å². The molecule has 2 rings (SSSR count). The zero-order valence-electron chi connectivity index (χ0n) is 18.5. The molecule has 0 atom stereocenters. The Hall–Kier alpha value is -1.46. The highest BCUT2D eigenvalue weighted by Gasteiger charge is 2.19. The van der Waals surface area contributed by atoms with Crippen LogP contribution in [0.25, 0.3) is 11.1 Å². The number of aryl methyl sites for hydroxylation is 2. The first kappa shape index (κ1) is 24.8. The summed E-state index contributed by atoms with van der Waals surface area (Å²) in [5, 5.41) is 16.2. The van der Waals surface area contributed by atoms with E-state index in [1.54, 1.807) is 25.2 Å². The van der Waals surface area contributed by atoms with E-state index in [-0.39, 0.29) is 11.3 Å². The number of benzene rings is 1. The molecular weight excluding hydrogens is 416 g/mol. The minimum absolute atomic E-state index is 0.0272. The van der Waals surface area contributed by atoms with Crippen LogP contribution in [0.2, 0.25) is 5.02 Å². The zero-order chi connectivity index (χ0) is 21.9. The summed E-state index contributed by atoms with van der Waals surface area (Å²) in [5.41, 5.74) is 1.54. The van der Waals surface area contributed by atoms with Crippen LogP contribution in [0.1, 0.15) is 76.7 Å². The fourth-order valence-corrected chi connectivity index (χ4v) is 4.79. The van der Waals surface area contributed by atoms with Crippen LogP contribution in [-0.4, -0.2) is 20.6 Å². The molecule has 0 aliphatic heterocycles. The van der Waals surface area contributed by atoms with Gasteiger partial charge in [-0.25, -0.2) is 4.68 Å². The lowest BCUT2D eigenvalue weighted by molar-refractivity contribution is 0.446. The molecule has 0 aliphatic rings. The second-order valence-electron chi connectivity index (χ2n) is 7.95. The van der Waals surface area contributed by atoms with Gasteiger partial charge < -0.3 is 5.11 Å². The van der Waals surface area contributed by atoms with Crippen molar-refractivity contribution in [3.63, 3.8) is 0 Å². The summed E-state index contributed by atoms with van der Waals surface area (Å²) < 4.78 is 1.31. The van der Waals surface area contributed by atoms with E-state index in [1.165, 1.54) is 74.2 Å². The van der Waals surface area contributed by atoms with Crippen LogP contribution in [0.3, 0.4) is 0 Å². The maximum absolute atomic E-state index is 12.6. The lowest BCUT2D eigenvalue weighted by Gasteiger charge is -2.12. The number of hydrogen-bond acceptors (Lipinski definition) is 4. The summed E-state index contributed by atoms with van der Waals surface area (Å²) in [7, 11) is 1.63. The SMILES string of the molecule is CCCCCCCCCCCCSc1nn(C)c(=O)c(-c2ccc(Cl)cc2C)c1O. The lowest BCUT2D eigenvalue weighted by atomic mass is 10.0. The van der Waals surface area contributed by atoms with E-state index in [9.17, 15) is 9.90 Å². The van der Waals surface area contributed by atoms with E-state index in [0.29, 0.717) is 21.2 Å². The number of aromatic nitrogens is 2. The first-order valence-electron chi connectivity index (χ1n) is 11.1. The summed E-state index contributed by atoms with van der Waals surface area (Å²) in [5.74, 6) is 0.856. The van der Waals surface area contributed by atoms with Crippen molar-refractivity contribution in [1.82, 2.24) is 9.78 Å². The van der Waals surface area contributed by atoms with Crippen LogP contribution in [0.4, 0.5) is 0 Å². The van der Waals surface area contributed by atoms with E-state index in [2.05, 4.69) is 12.0 Å². The Morgan fingerprint density at radius 3 is 2.23 bits per heavy atom. The fraction of sp³-hybridized carbons (Fsp3) is 0.583. The number of rotatable bonds is 13. The van der Waals surface area contributed by atoms with Crippen molar-refractivity contribution >= 4 is 23.4 Å². The number of nitrogens with zero attached hydrogens (tertiary/aromatic N) is 2. The van der Waals surface area contributed by atoms with Crippen LogP contribution >= 0.6 is 23.4 Å². The van der Waals surface area contributed by atoms with Gasteiger partial charge in [-0.05, 0) is 42.4 Å². The van der Waals surface area contributed by atoms with Gasteiger partial charge in [0.25, 0.3) is 5.56 Å². The van der Waals surface area contributed by atoms with Gasteiger partial charge in [-0.2, -0.15) is 5.10 Å². The van der Waals surface area contributed by atoms with Crippen molar-refractivity contribution in [2.75, 3.05) is 5.75 Å². The molecule has 0 spiro atoms. The minimum atomic E-state index is -0.304. The molecule has 1 heterocycles. The van der Waals surface area contributed by atoms with Crippen molar-refractivity contribution in [2.24, 2.45) is 7.05 Å². The number of halogens is 1. The van der Waals surface area contributed by atoms with Gasteiger partial charge >= 0.3 is 0 Å². The third-order valence-electron chi connectivity index (χ3n) is 5.38. The molecular formula is C24H35ClN2O2S. The molecule has 1 N–H and O–H groups in total. The normalized spacial score (nSPS) is 11.2. The standard InChI is InChI=1S/C24H35ClN2O2S/c1-4-5-6-7-8-9-10-11-12-13-16-30-23-22(28)21(24(29)27(3)26-23)20-15-14-19(25)17-18(20)2/h14-15,17,28H,4-13,16H2,1-3H3. The molecule has 0 saturated carbocycles. The molecule has 6 heteroatoms. The minimum Gasteiger partial charge on any atom is -0.504 e. The highest BCUT2D eigenvalue weighted by atomic mass is 35.5. The third-order valence-corrected chi connectivity index (χ3v) is 6.66. The van der Waals surface area contributed by atoms with Crippen molar-refractivity contribution in [3.8, 4) is 16.9 Å². The van der Waals surface area contributed by atoms with Gasteiger partial charge in [0, 0.05) is 12.1 Å². The van der Waals surface area contributed by atoms with Gasteiger partial charge in [-0.1, -0.05) is 82.4 Å². The van der Waals surface area contributed by atoms with Crippen LogP contribution in [0.5, 0.6) is 5.75 Å². The highest BCUT2D eigenvalue weighted by molar-refractivity contribution is 7.99. The largest absolute Gasteiger partial charge is 0.504 e. The Morgan fingerprint density at radius 2 is 1.63 bits per heavy atom. The van der Waals surface area contributed by atoms with Gasteiger partial charge in [-0.3, -0.25) is 4.79 Å². The molecule has 0 radical (unpaired) electrons. The van der Waals surface area contributed by atoms with Gasteiger partial charge in [0.15, 0.2) is 10.8 Å². The molecule has 0 fully saturated rings. The van der Waals surface area contributed by atoms with Gasteiger partial charge in [0.05, 0.1) is 5.56 Å². The van der Waals surface area contributed by atoms with E-state index >= 15 is 0 Å². The summed E-state index contributed by atoms with van der Waals surface area (Å²) in [6.07, 6.45) is 13.0. The highest BCUT2D eigenvalue weighted by Crippen LogP contribution is 2.35. The Labute approximate surface area is 190 Å². The average molecular weight is 451 g/mol. The Morgan fingerprint density at radius 1 is 1.03 bits per heavy atom. The molecule has 4 nitrogen and oxygen atoms in total. The zero-order valence-corrected chi connectivity index (χ0v) is 20.1. The van der Waals surface area contributed by atoms with Gasteiger partial charge in [0.2, 0.25) is 0 Å². The monoisotopic (exact) mass is 450 g/mol. The summed E-state index contributed by atoms with van der Waals surface area (Å²) in [4.78, 5) is 12.6. The molecule has 30 heavy (non-hydrogen) atoms. The number of unbranched alkanes of at least 4 members (excludes halogenated alkanes) is 9.